The zero-order valence-corrected chi connectivity index (χ0v) is 105. The number of aliphatic hydroxyl groups excluding tert-OH is 8. The number of ether oxygens (including phenoxy) is 5. The van der Waals surface area contributed by atoms with E-state index in [1.807, 2.05) is 117 Å². The van der Waals surface area contributed by atoms with E-state index in [-0.39, 0.29) is 12.1 Å². The van der Waals surface area contributed by atoms with Crippen molar-refractivity contribution in [1.29, 1.82) is 0 Å². The predicted octanol–water partition coefficient (Wildman–Crippen LogP) is 20.8. The van der Waals surface area contributed by atoms with Crippen LogP contribution in [-0.2, 0) is 101 Å². The summed E-state index contributed by atoms with van der Waals surface area (Å²) < 4.78 is 88.3. The van der Waals surface area contributed by atoms with Crippen LogP contribution in [0.2, 0.25) is 157 Å². The van der Waals surface area contributed by atoms with Crippen LogP contribution in [0.25, 0.3) is 40.9 Å². The molecular weight excluding hydrogens is 2170 g/mol. The van der Waals surface area contributed by atoms with Crippen LogP contribution >= 0.6 is 61.3 Å². The van der Waals surface area contributed by atoms with Crippen molar-refractivity contribution in [2.24, 2.45) is 0 Å². The maximum atomic E-state index is 13.0. The number of carbonyl (C=O) groups is 1. The molecule has 8 aromatic carbocycles. The van der Waals surface area contributed by atoms with Gasteiger partial charge < -0.3 is 105 Å². The number of thiazole rings is 4. The minimum absolute atomic E-state index is 0.308. The van der Waals surface area contributed by atoms with Gasteiger partial charge in [0.25, 0.3) is 0 Å². The number of aryl methyl sites for hydroxylation is 4. The molecule has 4 saturated heterocycles. The van der Waals surface area contributed by atoms with Gasteiger partial charge in [0, 0.05) is 48.4 Å². The van der Waals surface area contributed by atoms with E-state index in [0.717, 1.165) is 90.8 Å². The third-order valence-corrected chi connectivity index (χ3v) is 37.4. The second-order valence-electron chi connectivity index (χ2n) is 46.7. The van der Waals surface area contributed by atoms with Gasteiger partial charge in [0.1, 0.15) is 91.6 Å². The van der Waals surface area contributed by atoms with Crippen LogP contribution in [0.4, 0.5) is 0 Å². The summed E-state index contributed by atoms with van der Waals surface area (Å²) in [6, 6.07) is 56.2. The number of halogens is 1. The summed E-state index contributed by atoms with van der Waals surface area (Å²) in [6.45, 7) is 59.3. The average Bonchev–Trinajstić information content (AvgIpc) is 0.819. The lowest BCUT2D eigenvalue weighted by Gasteiger charge is -2.54. The van der Waals surface area contributed by atoms with Crippen molar-refractivity contribution < 1.29 is 110 Å². The van der Waals surface area contributed by atoms with Gasteiger partial charge in [-0.05, 0) is 308 Å². The Bertz CT molecular complexity index is 6320. The van der Waals surface area contributed by atoms with Gasteiger partial charge in [-0.15, -0.1) is 45.3 Å². The Morgan fingerprint density at radius 1 is 0.369 bits per heavy atom. The Kier molecular flexibility index (Phi) is 41.2. The summed E-state index contributed by atoms with van der Waals surface area (Å²) in [7, 11) is -14.7. The maximum Gasteiger partial charge on any atom is 0.337 e. The van der Waals surface area contributed by atoms with E-state index in [9.17, 15) is 50.8 Å². The highest BCUT2D eigenvalue weighted by Crippen LogP contribution is 2.47. The first-order valence-electron chi connectivity index (χ1n) is 51.0. The van der Waals surface area contributed by atoms with E-state index in [4.69, 9.17) is 69.1 Å². The Morgan fingerprint density at radius 2 is 0.725 bits per heavy atom. The van der Waals surface area contributed by atoms with Gasteiger partial charge >= 0.3 is 5.97 Å². The zero-order valence-electron chi connectivity index (χ0n) is 91.7. The molecule has 0 spiro atoms. The van der Waals surface area contributed by atoms with Crippen molar-refractivity contribution in [2.45, 2.75) is 326 Å². The molecule has 0 bridgehead atoms. The van der Waals surface area contributed by atoms with Crippen molar-refractivity contribution in [3.63, 3.8) is 0 Å². The highest BCUT2D eigenvalue weighted by molar-refractivity contribution is 9.10. The lowest BCUT2D eigenvalue weighted by Crippen LogP contribution is -2.69. The highest BCUT2D eigenvalue weighted by Gasteiger charge is 2.61. The number of hydrogen-bond acceptors (Lipinski definition) is 31. The van der Waals surface area contributed by atoms with Crippen LogP contribution in [0.1, 0.15) is 87.3 Å². The molecule has 9 N–H and O–H groups in total. The van der Waals surface area contributed by atoms with E-state index in [1.165, 1.54) is 32.6 Å². The van der Waals surface area contributed by atoms with Crippen molar-refractivity contribution in [3.8, 4) is 0 Å². The molecule has 8 heterocycles. The number of cyclic esters (lactones) is 1. The summed E-state index contributed by atoms with van der Waals surface area (Å²) in [5, 5.41) is 97.7. The van der Waals surface area contributed by atoms with Crippen LogP contribution in [0.3, 0.4) is 0 Å². The summed E-state index contributed by atoms with van der Waals surface area (Å²) in [4.78, 5) is 31.9. The number of aliphatic hydroxyl groups is 9. The maximum absolute atomic E-state index is 13.0. The molecule has 12 aromatic rings. The fraction of sp³-hybridized carbons (Fsp3) is 0.514. The molecule has 3 unspecified atom stereocenters. The molecule has 4 fully saturated rings. The summed E-state index contributed by atoms with van der Waals surface area (Å²) in [6.07, 6.45) is -13.0. The number of methoxy groups -OCH3 is 1. The van der Waals surface area contributed by atoms with Crippen molar-refractivity contribution in [2.75, 3.05) is 33.5 Å². The minimum atomic E-state index is -2.23. The summed E-state index contributed by atoms with van der Waals surface area (Å²) in [5.41, 5.74) is 14.9. The first-order chi connectivity index (χ1) is 69.4. The standard InChI is InChI=1S/C33H55NO6SSi4.C22H25NO6S.C21H23NO5S.C18H42O6Si4.C15H12BrNS/c1-23-18-19-25(20-24(23)21-29-34-26-16-14-15-17-28(26)41-29)33(35)32(40-45(11,12)13)31(39-44(8,9)10)30(38-43(5,6)7)27(37-33)22-36-42(2,3)4;1-12-7-8-14(22(28-2)21(27)20(26)19(25)16(11-24)29-22)9-13(12)10-18-23-15-5-3-4-6-17(15)30-18;1-11-6-7-12(21-20(26)19(25)18(24)15(10-23)27-21)8-13(11)9-17-22-14-4-2-3-5-16(14)28-17;1-25(2,3)20-13-14-15(22-26(4,5)6)16(23-27(7,8)9)17(18(19)21-14)24-28(10,11)12;1-10-6-7-12(16)8-11(10)9-15-17-13-4-2-3-5-14(13)18-15/h14-20,27,30-32,35H,21-22H2,1-13H3;3-9,16,19-21,24-27H,10-11H2,1-2H3;2-8,15,18-21,23-26H,9-10H2,1H3;14-17H,13H2,1-12H3;2-8H,9H2,1H3/t27-,30-,31+,32-,33?;16-,19-,20+,21-,22?;15-,18-,19+,20-,21?;14-,15-,16+,17-;/m1111./s1. The van der Waals surface area contributed by atoms with Gasteiger partial charge in [0.2, 0.25) is 11.6 Å². The molecule has 16 rings (SSSR count). The monoisotopic (exact) mass is 2320 g/mol. The molecule has 0 aliphatic carbocycles. The molecule has 19 atom stereocenters. The zero-order chi connectivity index (χ0) is 110. The Hall–Kier alpha value is -5.83. The SMILES string of the molecule is COC1(c2ccc(C)c(Cc3nc4ccccc4s3)c2)O[C@H](CO)[C@@H](O)[C@H](O)[C@H]1O.C[Si](C)(C)OC[C@H]1OC(=O)[C@H](O[Si](C)(C)C)[C@@H](O[Si](C)(C)C)[C@@H]1O[Si](C)(C)C.Cc1ccc(Br)cc1Cc1nc2ccccc2s1.Cc1ccc(C2(O)O[C@H](CO[Si](C)(C)C)[C@@H](O[Si](C)(C)C)[C@H](O[Si](C)(C)C)[C@H]2O[Si](C)(C)C)cc1Cc1nc2ccccc2s1.Cc1ccc(C2O[C@H](CO)[C@@H](O)[C@H](O)[C@H]2O)cc1Cc1nc2ccccc2s1. The molecule has 4 aliphatic rings. The molecule has 0 saturated carbocycles. The van der Waals surface area contributed by atoms with Crippen molar-refractivity contribution >= 4 is 175 Å². The number of rotatable bonds is 32. The molecule has 0 amide bonds. The number of nitrogens with zero attached hydrogens (tertiary/aromatic N) is 4. The van der Waals surface area contributed by atoms with Gasteiger partial charge in [-0.25, -0.2) is 24.7 Å². The largest absolute Gasteiger partial charge is 0.455 e. The molecular formula is C109H157BrN4O23S4Si8. The minimum Gasteiger partial charge on any atom is -0.455 e. The first-order valence-corrected chi connectivity index (χ1v) is 82.3. The number of carbonyl (C=O) groups excluding carboxylic acids is 1. The fourth-order valence-corrected chi connectivity index (χ4v) is 30.0. The summed E-state index contributed by atoms with van der Waals surface area (Å²) >= 11 is 10.3. The van der Waals surface area contributed by atoms with Gasteiger partial charge in [0.05, 0.1) is 87.3 Å². The van der Waals surface area contributed by atoms with Crippen LogP contribution in [-0.4, -0.2) is 270 Å². The third kappa shape index (κ3) is 33.4. The van der Waals surface area contributed by atoms with Gasteiger partial charge in [-0.2, -0.15) is 0 Å². The summed E-state index contributed by atoms with van der Waals surface area (Å²) in [5.74, 6) is -3.86. The fourth-order valence-electron chi connectivity index (χ4n) is 17.9. The van der Waals surface area contributed by atoms with Crippen molar-refractivity contribution in [1.82, 2.24) is 19.9 Å². The van der Waals surface area contributed by atoms with Gasteiger partial charge in [-0.1, -0.05) is 113 Å². The lowest BCUT2D eigenvalue weighted by atomic mass is 9.86. The molecule has 0 radical (unpaired) electrons. The van der Waals surface area contributed by atoms with Gasteiger partial charge in [-0.3, -0.25) is 0 Å². The van der Waals surface area contributed by atoms with Crippen LogP contribution in [0.5, 0.6) is 0 Å². The van der Waals surface area contributed by atoms with E-state index >= 15 is 0 Å². The first kappa shape index (κ1) is 122. The normalized spacial score (nSPS) is 25.3. The molecule has 4 aliphatic heterocycles. The smallest absolute Gasteiger partial charge is 0.337 e. The number of aromatic nitrogens is 4. The third-order valence-electron chi connectivity index (χ3n) is 24.9. The average molecular weight is 2320 g/mol. The number of esters is 1. The Morgan fingerprint density at radius 3 is 1.13 bits per heavy atom. The van der Waals surface area contributed by atoms with Gasteiger partial charge in [0.15, 0.2) is 78.7 Å². The lowest BCUT2D eigenvalue weighted by molar-refractivity contribution is -0.366. The Balaban J connectivity index is 0.000000170. The van der Waals surface area contributed by atoms with E-state index in [0.29, 0.717) is 49.2 Å². The van der Waals surface area contributed by atoms with Crippen LogP contribution < -0.4 is 0 Å². The van der Waals surface area contributed by atoms with Crippen molar-refractivity contribution in [3.05, 3.63) is 256 Å². The second-order valence-corrected chi connectivity index (χ2v) is 87.9. The van der Waals surface area contributed by atoms with Crippen LogP contribution in [0, 0.1) is 27.7 Å². The molecule has 149 heavy (non-hydrogen) atoms. The van der Waals surface area contributed by atoms with E-state index in [2.05, 4.69) is 258 Å². The Labute approximate surface area is 911 Å². The highest BCUT2D eigenvalue weighted by atomic mass is 79.9. The molecule has 40 heteroatoms. The predicted molar refractivity (Wildman–Crippen MR) is 620 cm³/mol. The molecule has 27 nitrogen and oxygen atoms in total. The van der Waals surface area contributed by atoms with Crippen LogP contribution in [0.15, 0.2) is 174 Å². The quantitative estimate of drug-likeness (QED) is 0.0140. The number of hydrogen-bond donors (Lipinski definition) is 9. The van der Waals surface area contributed by atoms with E-state index in [1.54, 1.807) is 51.4 Å². The number of benzene rings is 8. The molecule has 4 aromatic heterocycles. The van der Waals surface area contributed by atoms with E-state index < -0.39 is 189 Å². The number of fused-ring (bicyclic) bond motifs is 4. The second kappa shape index (κ2) is 50.4. The number of para-hydroxylation sites is 4. The topological polar surface area (TPSA) is 371 Å². The molecule has 814 valence electrons.